The van der Waals surface area contributed by atoms with E-state index in [-0.39, 0.29) is 11.8 Å². The number of nitrogens with zero attached hydrogens (tertiary/aromatic N) is 1. The number of nitrogens with one attached hydrogen (secondary N) is 1. The monoisotopic (exact) mass is 246 g/mol. The molecule has 2 rings (SSSR count). The van der Waals surface area contributed by atoms with Crippen LogP contribution in [0.15, 0.2) is 24.3 Å². The van der Waals surface area contributed by atoms with E-state index in [0.717, 1.165) is 11.3 Å². The van der Waals surface area contributed by atoms with Gasteiger partial charge in [-0.15, -0.1) is 0 Å². The summed E-state index contributed by atoms with van der Waals surface area (Å²) in [5.41, 5.74) is 1.10. The molecule has 0 aromatic heterocycles. The zero-order chi connectivity index (χ0) is 13.3. The number of hydrogen-bond acceptors (Lipinski definition) is 2. The zero-order valence-electron chi connectivity index (χ0n) is 11.0. The normalized spacial score (nSPS) is 19.4. The summed E-state index contributed by atoms with van der Waals surface area (Å²) in [5.74, 6) is -0.151. The van der Waals surface area contributed by atoms with Crippen LogP contribution in [0.1, 0.15) is 25.8 Å². The Morgan fingerprint density at radius 1 is 1.28 bits per heavy atom. The zero-order valence-corrected chi connectivity index (χ0v) is 11.0. The highest BCUT2D eigenvalue weighted by molar-refractivity contribution is 6.03. The third-order valence-corrected chi connectivity index (χ3v) is 3.11. The van der Waals surface area contributed by atoms with Crippen molar-refractivity contribution in [3.8, 4) is 0 Å². The molecule has 4 nitrogen and oxygen atoms in total. The molecule has 0 spiro atoms. The van der Waals surface area contributed by atoms with Crippen molar-refractivity contribution < 1.29 is 9.59 Å². The summed E-state index contributed by atoms with van der Waals surface area (Å²) in [6.45, 7) is 5.89. The Balaban J connectivity index is 2.37. The van der Waals surface area contributed by atoms with E-state index in [1.165, 1.54) is 0 Å². The Kier molecular flexibility index (Phi) is 3.11. The van der Waals surface area contributed by atoms with E-state index in [9.17, 15) is 9.59 Å². The van der Waals surface area contributed by atoms with Crippen LogP contribution in [0, 0.1) is 6.92 Å². The van der Waals surface area contributed by atoms with Gasteiger partial charge in [-0.1, -0.05) is 12.1 Å². The van der Waals surface area contributed by atoms with Crippen molar-refractivity contribution in [3.05, 3.63) is 29.8 Å². The highest BCUT2D eigenvalue weighted by atomic mass is 16.2. The van der Waals surface area contributed by atoms with Crippen LogP contribution in [0.5, 0.6) is 0 Å². The van der Waals surface area contributed by atoms with Crippen LogP contribution in [-0.4, -0.2) is 23.9 Å². The van der Waals surface area contributed by atoms with E-state index in [1.807, 2.05) is 31.2 Å². The minimum absolute atomic E-state index is 0.0704. The third kappa shape index (κ3) is 2.37. The average Bonchev–Trinajstić information content (AvgIpc) is 2.37. The summed E-state index contributed by atoms with van der Waals surface area (Å²) in [4.78, 5) is 25.7. The fourth-order valence-electron chi connectivity index (χ4n) is 2.16. The van der Waals surface area contributed by atoms with Gasteiger partial charge in [-0.2, -0.15) is 0 Å². The Labute approximate surface area is 107 Å². The Morgan fingerprint density at radius 3 is 2.67 bits per heavy atom. The van der Waals surface area contributed by atoms with Crippen molar-refractivity contribution in [2.75, 3.05) is 11.4 Å². The van der Waals surface area contributed by atoms with Gasteiger partial charge in [-0.3, -0.25) is 9.59 Å². The Bertz CT molecular complexity index is 494. The Hall–Kier alpha value is -1.84. The minimum Gasteiger partial charge on any atom is -0.342 e. The molecule has 0 radical (unpaired) electrons. The van der Waals surface area contributed by atoms with Gasteiger partial charge in [0.15, 0.2) is 0 Å². The molecule has 0 bridgehead atoms. The molecule has 4 heteroatoms. The van der Waals surface area contributed by atoms with Gasteiger partial charge in [0.1, 0.15) is 5.54 Å². The molecule has 1 aliphatic rings. The van der Waals surface area contributed by atoms with E-state index < -0.39 is 5.54 Å². The smallest absolute Gasteiger partial charge is 0.252 e. The molecule has 1 aliphatic heterocycles. The van der Waals surface area contributed by atoms with Gasteiger partial charge in [0.05, 0.1) is 0 Å². The summed E-state index contributed by atoms with van der Waals surface area (Å²) in [7, 11) is 0. The molecule has 1 fully saturated rings. The second-order valence-corrected chi connectivity index (χ2v) is 5.22. The van der Waals surface area contributed by atoms with Gasteiger partial charge >= 0.3 is 0 Å². The molecule has 0 atom stereocenters. The number of hydrogen-bond donors (Lipinski definition) is 1. The van der Waals surface area contributed by atoms with E-state index in [2.05, 4.69) is 5.32 Å². The SMILES string of the molecule is Cc1cccc(N2CCC(=O)NC(C)(C)C2=O)c1. The van der Waals surface area contributed by atoms with E-state index >= 15 is 0 Å². The van der Waals surface area contributed by atoms with Gasteiger partial charge in [-0.05, 0) is 38.5 Å². The first-order valence-corrected chi connectivity index (χ1v) is 6.10. The number of anilines is 1. The molecule has 0 aliphatic carbocycles. The van der Waals surface area contributed by atoms with E-state index in [4.69, 9.17) is 0 Å². The molecule has 0 unspecified atom stereocenters. The molecule has 0 saturated carbocycles. The van der Waals surface area contributed by atoms with Crippen molar-refractivity contribution in [2.24, 2.45) is 0 Å². The van der Waals surface area contributed by atoms with Gasteiger partial charge in [0, 0.05) is 18.7 Å². The van der Waals surface area contributed by atoms with E-state index in [0.29, 0.717) is 13.0 Å². The van der Waals surface area contributed by atoms with Crippen molar-refractivity contribution in [2.45, 2.75) is 32.7 Å². The maximum Gasteiger partial charge on any atom is 0.252 e. The first kappa shape index (κ1) is 12.6. The second kappa shape index (κ2) is 4.44. The lowest BCUT2D eigenvalue weighted by atomic mass is 10.0. The number of carbonyl (C=O) groups excluding carboxylic acids is 2. The summed E-state index contributed by atoms with van der Waals surface area (Å²) in [6, 6.07) is 7.77. The van der Waals surface area contributed by atoms with E-state index in [1.54, 1.807) is 18.7 Å². The standard InChI is InChI=1S/C14H18N2O2/c1-10-5-4-6-11(9-10)16-8-7-12(17)15-14(2,3)13(16)18/h4-6,9H,7-8H2,1-3H3,(H,15,17). The molecule has 1 aromatic carbocycles. The van der Waals surface area contributed by atoms with Gasteiger partial charge in [0.25, 0.3) is 5.91 Å². The van der Waals surface area contributed by atoms with Crippen molar-refractivity contribution in [3.63, 3.8) is 0 Å². The lowest BCUT2D eigenvalue weighted by molar-refractivity contribution is -0.128. The molecule has 1 aromatic rings. The quantitative estimate of drug-likeness (QED) is 0.818. The molecule has 1 saturated heterocycles. The van der Waals surface area contributed by atoms with Crippen molar-refractivity contribution in [1.29, 1.82) is 0 Å². The molecule has 2 amide bonds. The molecular formula is C14H18N2O2. The number of aryl methyl sites for hydroxylation is 1. The predicted molar refractivity (Wildman–Crippen MR) is 70.4 cm³/mol. The van der Waals surface area contributed by atoms with Crippen LogP contribution in [0.2, 0.25) is 0 Å². The van der Waals surface area contributed by atoms with Crippen LogP contribution in [0.3, 0.4) is 0 Å². The lowest BCUT2D eigenvalue weighted by Crippen LogP contribution is -2.53. The summed E-state index contributed by atoms with van der Waals surface area (Å²) < 4.78 is 0. The average molecular weight is 246 g/mol. The van der Waals surface area contributed by atoms with Crippen LogP contribution in [-0.2, 0) is 9.59 Å². The third-order valence-electron chi connectivity index (χ3n) is 3.11. The topological polar surface area (TPSA) is 49.4 Å². The number of amides is 2. The summed E-state index contributed by atoms with van der Waals surface area (Å²) in [5, 5.41) is 2.75. The largest absolute Gasteiger partial charge is 0.342 e. The summed E-state index contributed by atoms with van der Waals surface area (Å²) in [6.07, 6.45) is 0.336. The molecule has 1 N–H and O–H groups in total. The first-order valence-electron chi connectivity index (χ1n) is 6.10. The molecular weight excluding hydrogens is 228 g/mol. The second-order valence-electron chi connectivity index (χ2n) is 5.22. The minimum atomic E-state index is -0.850. The fourth-order valence-corrected chi connectivity index (χ4v) is 2.16. The van der Waals surface area contributed by atoms with Crippen LogP contribution in [0.25, 0.3) is 0 Å². The number of benzene rings is 1. The van der Waals surface area contributed by atoms with Crippen molar-refractivity contribution >= 4 is 17.5 Å². The van der Waals surface area contributed by atoms with Crippen LogP contribution >= 0.6 is 0 Å². The highest BCUT2D eigenvalue weighted by Crippen LogP contribution is 2.22. The molecule has 18 heavy (non-hydrogen) atoms. The summed E-state index contributed by atoms with van der Waals surface area (Å²) >= 11 is 0. The number of rotatable bonds is 1. The highest BCUT2D eigenvalue weighted by Gasteiger charge is 2.36. The first-order chi connectivity index (χ1) is 8.40. The van der Waals surface area contributed by atoms with Gasteiger partial charge in [0.2, 0.25) is 5.91 Å². The van der Waals surface area contributed by atoms with Gasteiger partial charge in [-0.25, -0.2) is 0 Å². The Morgan fingerprint density at radius 2 is 2.00 bits per heavy atom. The van der Waals surface area contributed by atoms with Gasteiger partial charge < -0.3 is 10.2 Å². The van der Waals surface area contributed by atoms with Crippen LogP contribution < -0.4 is 10.2 Å². The fraction of sp³-hybridized carbons (Fsp3) is 0.429. The van der Waals surface area contributed by atoms with Crippen molar-refractivity contribution in [1.82, 2.24) is 5.32 Å². The maximum atomic E-state index is 12.4. The maximum absolute atomic E-state index is 12.4. The number of carbonyl (C=O) groups is 2. The molecule has 96 valence electrons. The lowest BCUT2D eigenvalue weighted by Gasteiger charge is -2.29. The predicted octanol–water partition coefficient (Wildman–Crippen LogP) is 1.63. The molecule has 1 heterocycles. The van der Waals surface area contributed by atoms with Crippen LogP contribution in [0.4, 0.5) is 5.69 Å².